The summed E-state index contributed by atoms with van der Waals surface area (Å²) < 4.78 is 0. The second kappa shape index (κ2) is 8.44. The minimum atomic E-state index is -1.25. The zero-order valence-corrected chi connectivity index (χ0v) is 22.1. The van der Waals surface area contributed by atoms with E-state index in [1.165, 1.54) is 0 Å². The number of halogens is 2. The number of hydrogen-bond donors (Lipinski definition) is 1. The van der Waals surface area contributed by atoms with Crippen LogP contribution in [-0.2, 0) is 37.0 Å². The first-order valence-electron chi connectivity index (χ1n) is 12.6. The van der Waals surface area contributed by atoms with Crippen LogP contribution in [-0.4, -0.2) is 29.2 Å². The van der Waals surface area contributed by atoms with Gasteiger partial charge in [-0.1, -0.05) is 80.6 Å². The maximum absolute atomic E-state index is 13.9. The number of alkyl halides is 2. The first-order valence-corrected chi connectivity index (χ1v) is 13.4. The fourth-order valence-corrected chi connectivity index (χ4v) is 7.70. The van der Waals surface area contributed by atoms with Crippen LogP contribution in [0.5, 0.6) is 0 Å². The number of nitrogens with zero attached hydrogens (tertiary/aromatic N) is 1. The van der Waals surface area contributed by atoms with Crippen LogP contribution in [0.3, 0.4) is 0 Å². The maximum Gasteiger partial charge on any atom is 0.244 e. The van der Waals surface area contributed by atoms with Crippen molar-refractivity contribution in [1.29, 1.82) is 0 Å². The summed E-state index contributed by atoms with van der Waals surface area (Å²) in [6.07, 6.45) is 1.49. The van der Waals surface area contributed by atoms with Crippen molar-refractivity contribution in [3.8, 4) is 0 Å². The Balaban J connectivity index is 1.40. The quantitative estimate of drug-likeness (QED) is 0.356. The first kappa shape index (κ1) is 24.2. The van der Waals surface area contributed by atoms with Crippen molar-refractivity contribution in [1.82, 2.24) is 4.90 Å². The largest absolute Gasteiger partial charge is 0.324 e. The summed E-state index contributed by atoms with van der Waals surface area (Å²) >= 11 is 14.9. The number of para-hydroxylation sites is 1. The van der Waals surface area contributed by atoms with Gasteiger partial charge in [0.05, 0.1) is 11.8 Å². The molecule has 3 aromatic carbocycles. The topological polar surface area (TPSA) is 66.5 Å². The number of imide groups is 1. The smallest absolute Gasteiger partial charge is 0.244 e. The van der Waals surface area contributed by atoms with Gasteiger partial charge in [0.1, 0.15) is 16.3 Å². The minimum absolute atomic E-state index is 0.390. The average molecular weight is 533 g/mol. The van der Waals surface area contributed by atoms with Crippen LogP contribution in [0, 0.1) is 11.8 Å². The van der Waals surface area contributed by atoms with Gasteiger partial charge in [0.25, 0.3) is 0 Å². The third-order valence-electron chi connectivity index (χ3n) is 8.24. The van der Waals surface area contributed by atoms with E-state index in [9.17, 15) is 14.4 Å². The normalized spacial score (nSPS) is 27.1. The lowest BCUT2D eigenvalue weighted by Gasteiger charge is -2.54. The van der Waals surface area contributed by atoms with Gasteiger partial charge in [-0.25, -0.2) is 0 Å². The molecule has 1 saturated heterocycles. The first-order chi connectivity index (χ1) is 17.8. The predicted molar refractivity (Wildman–Crippen MR) is 144 cm³/mol. The second-order valence-electron chi connectivity index (χ2n) is 9.94. The van der Waals surface area contributed by atoms with E-state index in [1.807, 2.05) is 80.6 Å². The highest BCUT2D eigenvalue weighted by Crippen LogP contribution is 2.69. The monoisotopic (exact) mass is 532 g/mol. The number of nitrogens with one attached hydrogen (secondary N) is 1. The highest BCUT2D eigenvalue weighted by atomic mass is 35.5. The molecule has 37 heavy (non-hydrogen) atoms. The van der Waals surface area contributed by atoms with Gasteiger partial charge in [-0.2, -0.15) is 0 Å². The maximum atomic E-state index is 13.9. The van der Waals surface area contributed by atoms with Crippen molar-refractivity contribution in [3.05, 3.63) is 100 Å². The van der Waals surface area contributed by atoms with Gasteiger partial charge in [-0.05, 0) is 46.2 Å². The molecular formula is C30H26Cl2N2O3. The van der Waals surface area contributed by atoms with Gasteiger partial charge in [0, 0.05) is 5.69 Å². The molecule has 2 bridgehead atoms. The average Bonchev–Trinajstić information content (AvgIpc) is 3.17. The van der Waals surface area contributed by atoms with E-state index >= 15 is 0 Å². The fourth-order valence-electron chi connectivity index (χ4n) is 6.61. The van der Waals surface area contributed by atoms with E-state index < -0.39 is 45.9 Å². The van der Waals surface area contributed by atoms with Gasteiger partial charge < -0.3 is 5.32 Å². The number of carbonyl (C=O) groups excluding carboxylic acids is 3. The molecule has 0 unspecified atom stereocenters. The van der Waals surface area contributed by atoms with E-state index in [1.54, 1.807) is 0 Å². The van der Waals surface area contributed by atoms with Gasteiger partial charge in [-0.15, -0.1) is 23.2 Å². The molecule has 2 atom stereocenters. The Bertz CT molecular complexity index is 1340. The van der Waals surface area contributed by atoms with E-state index in [-0.39, 0.29) is 0 Å². The lowest BCUT2D eigenvalue weighted by molar-refractivity contribution is -0.142. The Labute approximate surface area is 225 Å². The van der Waals surface area contributed by atoms with E-state index in [0.29, 0.717) is 0 Å². The van der Waals surface area contributed by atoms with Crippen molar-refractivity contribution < 1.29 is 14.4 Å². The van der Waals surface area contributed by atoms with Crippen LogP contribution < -0.4 is 5.32 Å². The molecule has 3 amide bonds. The zero-order valence-electron chi connectivity index (χ0n) is 20.6. The number of aryl methyl sites for hydroxylation is 2. The Morgan fingerprint density at radius 1 is 0.757 bits per heavy atom. The molecule has 1 N–H and O–H groups in total. The summed E-state index contributed by atoms with van der Waals surface area (Å²) in [6.45, 7) is 3.65. The Hall–Kier alpha value is -3.15. The Kier molecular flexibility index (Phi) is 5.52. The third kappa shape index (κ3) is 3.07. The van der Waals surface area contributed by atoms with Crippen molar-refractivity contribution in [2.45, 2.75) is 36.4 Å². The van der Waals surface area contributed by atoms with E-state index in [0.717, 1.165) is 56.8 Å². The van der Waals surface area contributed by atoms with Crippen molar-refractivity contribution >= 4 is 46.6 Å². The van der Waals surface area contributed by atoms with E-state index in [2.05, 4.69) is 5.32 Å². The van der Waals surface area contributed by atoms with E-state index in [4.69, 9.17) is 23.2 Å². The summed E-state index contributed by atoms with van der Waals surface area (Å²) in [6, 6.07) is 20.9. The number of carbonyl (C=O) groups is 3. The molecule has 0 spiro atoms. The van der Waals surface area contributed by atoms with Crippen LogP contribution in [0.2, 0.25) is 0 Å². The highest BCUT2D eigenvalue weighted by Gasteiger charge is 2.73. The van der Waals surface area contributed by atoms with Crippen LogP contribution in [0.25, 0.3) is 0 Å². The number of benzene rings is 3. The minimum Gasteiger partial charge on any atom is -0.324 e. The molecule has 1 fully saturated rings. The molecule has 188 valence electrons. The lowest BCUT2D eigenvalue weighted by atomic mass is 9.54. The number of anilines is 1. The molecule has 4 aliphatic rings. The summed E-state index contributed by atoms with van der Waals surface area (Å²) in [4.78, 5) is 39.6. The second-order valence-corrected chi connectivity index (χ2v) is 11.1. The Morgan fingerprint density at radius 2 is 1.16 bits per heavy atom. The summed E-state index contributed by atoms with van der Waals surface area (Å²) in [5.74, 6) is -3.18. The van der Waals surface area contributed by atoms with Crippen LogP contribution in [0.4, 0.5) is 5.69 Å². The van der Waals surface area contributed by atoms with Gasteiger partial charge in [-0.3, -0.25) is 19.3 Å². The molecule has 7 rings (SSSR count). The lowest BCUT2D eigenvalue weighted by Crippen LogP contribution is -2.57. The number of amides is 3. The van der Waals surface area contributed by atoms with Crippen molar-refractivity contribution in [3.63, 3.8) is 0 Å². The SMILES string of the molecule is CCc1cccc(CC)c1NC(=O)CN1C(=O)[C@@H]2[C@@H](C1=O)C1(Cl)c3ccccc3C2(Cl)c2ccccc21. The molecule has 1 aliphatic heterocycles. The number of rotatable bonds is 5. The van der Waals surface area contributed by atoms with Crippen LogP contribution in [0.15, 0.2) is 66.7 Å². The van der Waals surface area contributed by atoms with Gasteiger partial charge in [0.2, 0.25) is 17.7 Å². The van der Waals surface area contributed by atoms with Crippen molar-refractivity contribution in [2.75, 3.05) is 11.9 Å². The molecule has 0 saturated carbocycles. The predicted octanol–water partition coefficient (Wildman–Crippen LogP) is 5.34. The summed E-state index contributed by atoms with van der Waals surface area (Å²) in [7, 11) is 0. The summed E-state index contributed by atoms with van der Waals surface area (Å²) in [5, 5.41) is 2.97. The van der Waals surface area contributed by atoms with Crippen LogP contribution >= 0.6 is 23.2 Å². The zero-order chi connectivity index (χ0) is 26.1. The highest BCUT2D eigenvalue weighted by molar-refractivity contribution is 6.36. The molecular weight excluding hydrogens is 507 g/mol. The molecule has 1 heterocycles. The standard InChI is InChI=1S/C30H26Cl2N2O3/c1-3-17-10-9-11-18(4-2)26(17)33-23(35)16-34-27(36)24-25(28(34)37)30(32)20-13-6-5-12-19(20)29(24,31)21-14-7-8-15-22(21)30/h5-15,24-25H,3-4,16H2,1-2H3,(H,33,35)/t24-,25-,29?,30?/m0/s1. The molecule has 0 radical (unpaired) electrons. The Morgan fingerprint density at radius 3 is 1.54 bits per heavy atom. The number of likely N-dealkylation sites (tertiary alicyclic amines) is 1. The van der Waals surface area contributed by atoms with Crippen LogP contribution in [0.1, 0.15) is 47.2 Å². The fraction of sp³-hybridized carbons (Fsp3) is 0.300. The summed E-state index contributed by atoms with van der Waals surface area (Å²) in [5.41, 5.74) is 5.71. The molecule has 3 aromatic rings. The molecule has 5 nitrogen and oxygen atoms in total. The molecule has 7 heteroatoms. The van der Waals surface area contributed by atoms with Crippen molar-refractivity contribution in [2.24, 2.45) is 11.8 Å². The number of hydrogen-bond acceptors (Lipinski definition) is 3. The van der Waals surface area contributed by atoms with Gasteiger partial charge >= 0.3 is 0 Å². The third-order valence-corrected chi connectivity index (χ3v) is 9.53. The van der Waals surface area contributed by atoms with Gasteiger partial charge in [0.15, 0.2) is 0 Å². The molecule has 0 aromatic heterocycles. The molecule has 3 aliphatic carbocycles.